The molecule has 11 heteroatoms. The monoisotopic (exact) mass is 486 g/mol. The molecule has 0 aromatic heterocycles. The lowest BCUT2D eigenvalue weighted by molar-refractivity contribution is -0.136. The molecule has 186 valence electrons. The third-order valence-electron chi connectivity index (χ3n) is 4.96. The number of nitrogens with one attached hydrogen (secondary N) is 3. The van der Waals surface area contributed by atoms with Gasteiger partial charge in [-0.1, -0.05) is 18.2 Å². The quantitative estimate of drug-likeness (QED) is 0.176. The van der Waals surface area contributed by atoms with E-state index in [4.69, 9.17) is 14.2 Å². The second-order valence-corrected chi connectivity index (χ2v) is 7.47. The summed E-state index contributed by atoms with van der Waals surface area (Å²) in [7, 11) is 1.26. The number of halogens is 1. The van der Waals surface area contributed by atoms with Gasteiger partial charge in [0.05, 0.1) is 31.5 Å². The third-order valence-corrected chi connectivity index (χ3v) is 4.96. The van der Waals surface area contributed by atoms with Crippen molar-refractivity contribution in [2.24, 2.45) is 5.10 Å². The van der Waals surface area contributed by atoms with E-state index in [1.54, 1.807) is 44.2 Å². The number of benzene rings is 2. The number of carbonyl (C=O) groups excluding carboxylic acids is 2. The molecule has 0 aliphatic carbocycles. The van der Waals surface area contributed by atoms with Crippen molar-refractivity contribution in [3.05, 3.63) is 70.7 Å². The lowest BCUT2D eigenvalue weighted by Gasteiger charge is -2.28. The van der Waals surface area contributed by atoms with E-state index in [1.807, 2.05) is 0 Å². The second kappa shape index (κ2) is 11.8. The van der Waals surface area contributed by atoms with Crippen molar-refractivity contribution in [2.75, 3.05) is 20.3 Å². The van der Waals surface area contributed by atoms with Crippen LogP contribution in [0.4, 0.5) is 9.18 Å². The fourth-order valence-corrected chi connectivity index (χ4v) is 3.41. The zero-order chi connectivity index (χ0) is 25.4. The molecule has 2 aromatic rings. The van der Waals surface area contributed by atoms with E-state index in [9.17, 15) is 19.1 Å². The number of hydrogen-bond acceptors (Lipinski definition) is 8. The maximum Gasteiger partial charge on any atom is 0.337 e. The fraction of sp³-hybridized carbons (Fsp3) is 0.292. The highest BCUT2D eigenvalue weighted by atomic mass is 19.1. The number of urea groups is 1. The Morgan fingerprint density at radius 3 is 2.77 bits per heavy atom. The molecule has 0 spiro atoms. The number of aliphatic hydroxyl groups excluding tert-OH is 1. The van der Waals surface area contributed by atoms with Crippen molar-refractivity contribution in [1.82, 2.24) is 16.1 Å². The minimum absolute atomic E-state index is 0.170. The van der Waals surface area contributed by atoms with Gasteiger partial charge in [-0.3, -0.25) is 5.43 Å². The first-order chi connectivity index (χ1) is 16.8. The number of hydrazone groups is 1. The summed E-state index contributed by atoms with van der Waals surface area (Å²) in [6, 6.07) is 9.57. The van der Waals surface area contributed by atoms with E-state index in [0.717, 1.165) is 0 Å². The Morgan fingerprint density at radius 2 is 2.06 bits per heavy atom. The van der Waals surface area contributed by atoms with Gasteiger partial charge in [-0.05, 0) is 49.2 Å². The molecule has 1 heterocycles. The molecule has 0 unspecified atom stereocenters. The molecule has 1 aliphatic heterocycles. The van der Waals surface area contributed by atoms with Crippen molar-refractivity contribution in [3.63, 3.8) is 0 Å². The van der Waals surface area contributed by atoms with Crippen molar-refractivity contribution in [2.45, 2.75) is 26.1 Å². The Morgan fingerprint density at radius 1 is 1.26 bits per heavy atom. The Labute approximate surface area is 201 Å². The van der Waals surface area contributed by atoms with E-state index in [-0.39, 0.29) is 12.2 Å². The van der Waals surface area contributed by atoms with Gasteiger partial charge in [0.2, 0.25) is 0 Å². The van der Waals surface area contributed by atoms with Gasteiger partial charge in [0.25, 0.3) is 0 Å². The number of aliphatic hydroxyl groups is 1. The molecule has 2 aromatic carbocycles. The van der Waals surface area contributed by atoms with E-state index in [2.05, 4.69) is 21.2 Å². The van der Waals surface area contributed by atoms with E-state index >= 15 is 0 Å². The van der Waals surface area contributed by atoms with Gasteiger partial charge in [-0.25, -0.2) is 14.0 Å². The molecule has 3 rings (SSSR count). The SMILES string of the molecule is CCOc1cc([C@@H]2NC(=O)NC(C)=C2C(=O)OC)ccc1OC[C@@H](O)N/N=C\c1cccc(F)c1. The lowest BCUT2D eigenvalue weighted by Crippen LogP contribution is -2.45. The van der Waals surface area contributed by atoms with Gasteiger partial charge in [0.15, 0.2) is 17.7 Å². The van der Waals surface area contributed by atoms with Crippen LogP contribution in [0.2, 0.25) is 0 Å². The summed E-state index contributed by atoms with van der Waals surface area (Å²) in [6.07, 6.45) is 0.211. The topological polar surface area (TPSA) is 131 Å². The molecule has 0 radical (unpaired) electrons. The van der Waals surface area contributed by atoms with Crippen LogP contribution in [0.5, 0.6) is 11.5 Å². The van der Waals surface area contributed by atoms with Crippen molar-refractivity contribution in [3.8, 4) is 11.5 Å². The number of carbonyl (C=O) groups is 2. The van der Waals surface area contributed by atoms with Gasteiger partial charge in [0, 0.05) is 5.70 Å². The smallest absolute Gasteiger partial charge is 0.337 e. The largest absolute Gasteiger partial charge is 0.490 e. The first-order valence-corrected chi connectivity index (χ1v) is 10.8. The number of hydrogen-bond donors (Lipinski definition) is 4. The zero-order valence-corrected chi connectivity index (χ0v) is 19.5. The first-order valence-electron chi connectivity index (χ1n) is 10.8. The Kier molecular flexibility index (Phi) is 8.63. The van der Waals surface area contributed by atoms with Gasteiger partial charge in [-0.2, -0.15) is 5.10 Å². The van der Waals surface area contributed by atoms with Crippen LogP contribution in [-0.2, 0) is 9.53 Å². The number of rotatable bonds is 10. The summed E-state index contributed by atoms with van der Waals surface area (Å²) in [6.45, 7) is 3.57. The summed E-state index contributed by atoms with van der Waals surface area (Å²) < 4.78 is 29.4. The predicted molar refractivity (Wildman–Crippen MR) is 125 cm³/mol. The minimum Gasteiger partial charge on any atom is -0.490 e. The average molecular weight is 487 g/mol. The molecule has 0 fully saturated rings. The first kappa shape index (κ1) is 25.5. The van der Waals surface area contributed by atoms with Crippen LogP contribution in [-0.4, -0.2) is 49.9 Å². The van der Waals surface area contributed by atoms with Gasteiger partial charge < -0.3 is 30.0 Å². The number of esters is 1. The fourth-order valence-electron chi connectivity index (χ4n) is 3.41. The number of ether oxygens (including phenoxy) is 3. The van der Waals surface area contributed by atoms with Crippen molar-refractivity contribution in [1.29, 1.82) is 0 Å². The number of allylic oxidation sites excluding steroid dienone is 1. The molecule has 0 saturated heterocycles. The van der Waals surface area contributed by atoms with Crippen LogP contribution in [0.3, 0.4) is 0 Å². The molecular formula is C24H27FN4O6. The zero-order valence-electron chi connectivity index (χ0n) is 19.5. The van der Waals surface area contributed by atoms with Crippen LogP contribution in [0.15, 0.2) is 58.8 Å². The summed E-state index contributed by atoms with van der Waals surface area (Å²) in [5, 5.41) is 19.3. The highest BCUT2D eigenvalue weighted by Gasteiger charge is 2.32. The maximum absolute atomic E-state index is 13.2. The van der Waals surface area contributed by atoms with E-state index in [1.165, 1.54) is 25.5 Å². The Hall–Kier alpha value is -4.12. The molecule has 2 amide bonds. The number of nitrogens with zero attached hydrogens (tertiary/aromatic N) is 1. The average Bonchev–Trinajstić information content (AvgIpc) is 2.82. The molecule has 1 aliphatic rings. The number of methoxy groups -OCH3 is 1. The second-order valence-electron chi connectivity index (χ2n) is 7.47. The molecule has 0 bridgehead atoms. The van der Waals surface area contributed by atoms with Crippen molar-refractivity contribution < 1.29 is 33.3 Å². The summed E-state index contributed by atoms with van der Waals surface area (Å²) in [4.78, 5) is 24.4. The molecular weight excluding hydrogens is 459 g/mol. The standard InChI is InChI=1S/C24H27FN4O6/c1-4-34-19-11-16(22-21(23(31)33-3)14(2)27-24(32)28-22)8-9-18(19)35-13-20(30)29-26-12-15-6-5-7-17(25)10-15/h5-12,20,22,29-30H,4,13H2,1-3H3,(H2,27,28,32)/b26-12-/t20-,22+/m1/s1. The normalized spacial score (nSPS) is 16.4. The summed E-state index contributed by atoms with van der Waals surface area (Å²) in [5.74, 6) is -0.273. The molecule has 4 N–H and O–H groups in total. The maximum atomic E-state index is 13.2. The molecule has 2 atom stereocenters. The third kappa shape index (κ3) is 6.70. The Balaban J connectivity index is 1.71. The lowest BCUT2D eigenvalue weighted by atomic mass is 9.95. The molecule has 0 saturated carbocycles. The summed E-state index contributed by atoms with van der Waals surface area (Å²) in [5.41, 5.74) is 4.25. The van der Waals surface area contributed by atoms with E-state index < -0.39 is 30.1 Å². The summed E-state index contributed by atoms with van der Waals surface area (Å²) >= 11 is 0. The number of amides is 2. The Bertz CT molecular complexity index is 1140. The minimum atomic E-state index is -1.16. The van der Waals surface area contributed by atoms with Crippen LogP contribution in [0.1, 0.15) is 31.0 Å². The van der Waals surface area contributed by atoms with E-state index in [0.29, 0.717) is 34.9 Å². The predicted octanol–water partition coefficient (Wildman–Crippen LogP) is 2.35. The molecule has 35 heavy (non-hydrogen) atoms. The van der Waals surface area contributed by atoms with Crippen LogP contribution >= 0.6 is 0 Å². The van der Waals surface area contributed by atoms with Gasteiger partial charge in [-0.15, -0.1) is 0 Å². The van der Waals surface area contributed by atoms with Crippen LogP contribution in [0.25, 0.3) is 0 Å². The van der Waals surface area contributed by atoms with Crippen LogP contribution in [0, 0.1) is 5.82 Å². The highest BCUT2D eigenvalue weighted by Crippen LogP contribution is 2.34. The van der Waals surface area contributed by atoms with Crippen LogP contribution < -0.4 is 25.5 Å². The van der Waals surface area contributed by atoms with Gasteiger partial charge in [0.1, 0.15) is 12.4 Å². The van der Waals surface area contributed by atoms with Gasteiger partial charge >= 0.3 is 12.0 Å². The highest BCUT2D eigenvalue weighted by molar-refractivity contribution is 5.95. The molecule has 10 nitrogen and oxygen atoms in total. The van der Waals surface area contributed by atoms with Crippen molar-refractivity contribution >= 4 is 18.2 Å².